The van der Waals surface area contributed by atoms with Crippen LogP contribution in [0.25, 0.3) is 0 Å². The number of aliphatic imine (C=N–C) groups is 1. The molecule has 21 heavy (non-hydrogen) atoms. The molecule has 0 spiro atoms. The van der Waals surface area contributed by atoms with Gasteiger partial charge in [0.15, 0.2) is 5.96 Å². The van der Waals surface area contributed by atoms with E-state index in [-0.39, 0.29) is 24.0 Å². The summed E-state index contributed by atoms with van der Waals surface area (Å²) in [5.41, 5.74) is 0. The van der Waals surface area contributed by atoms with Crippen molar-refractivity contribution in [2.75, 3.05) is 39.8 Å². The van der Waals surface area contributed by atoms with E-state index in [4.69, 9.17) is 0 Å². The lowest BCUT2D eigenvalue weighted by Gasteiger charge is -2.30. The summed E-state index contributed by atoms with van der Waals surface area (Å²) in [6, 6.07) is 0. The number of guanidine groups is 1. The first-order valence-corrected chi connectivity index (χ1v) is 8.28. The van der Waals surface area contributed by atoms with Crippen LogP contribution in [0.4, 0.5) is 0 Å². The van der Waals surface area contributed by atoms with Gasteiger partial charge >= 0.3 is 0 Å². The van der Waals surface area contributed by atoms with E-state index in [2.05, 4.69) is 41.3 Å². The van der Waals surface area contributed by atoms with Crippen molar-refractivity contribution < 1.29 is 0 Å². The number of piperidine rings is 1. The van der Waals surface area contributed by atoms with Crippen LogP contribution < -0.4 is 10.6 Å². The fraction of sp³-hybridized carbons (Fsp3) is 0.938. The van der Waals surface area contributed by atoms with Gasteiger partial charge in [0.1, 0.15) is 0 Å². The van der Waals surface area contributed by atoms with Crippen molar-refractivity contribution >= 4 is 29.9 Å². The monoisotopic (exact) mass is 410 g/mol. The Kier molecular flexibility index (Phi) is 12.5. The molecule has 0 aromatic rings. The van der Waals surface area contributed by atoms with Crippen LogP contribution >= 0.6 is 24.0 Å². The lowest BCUT2D eigenvalue weighted by atomic mass is 9.99. The van der Waals surface area contributed by atoms with Crippen LogP contribution in [0.15, 0.2) is 4.99 Å². The van der Waals surface area contributed by atoms with E-state index >= 15 is 0 Å². The number of rotatable bonds is 7. The second-order valence-electron chi connectivity index (χ2n) is 6.49. The van der Waals surface area contributed by atoms with Gasteiger partial charge in [-0.2, -0.15) is 0 Å². The maximum Gasteiger partial charge on any atom is 0.190 e. The lowest BCUT2D eigenvalue weighted by molar-refractivity contribution is 0.191. The van der Waals surface area contributed by atoms with Gasteiger partial charge in [-0.25, -0.2) is 0 Å². The quantitative estimate of drug-likeness (QED) is 0.294. The molecular weight excluding hydrogens is 375 g/mol. The van der Waals surface area contributed by atoms with Gasteiger partial charge in [0, 0.05) is 20.1 Å². The minimum Gasteiger partial charge on any atom is -0.356 e. The number of likely N-dealkylation sites (tertiary alicyclic amines) is 1. The normalized spacial score (nSPS) is 17.7. The third-order valence-electron chi connectivity index (χ3n) is 4.06. The summed E-state index contributed by atoms with van der Waals surface area (Å²) in [6.07, 6.45) is 5.11. The van der Waals surface area contributed by atoms with Gasteiger partial charge in [-0.1, -0.05) is 20.8 Å². The van der Waals surface area contributed by atoms with Crippen molar-refractivity contribution in [1.82, 2.24) is 15.5 Å². The van der Waals surface area contributed by atoms with E-state index in [1.54, 1.807) is 0 Å². The average molecular weight is 410 g/mol. The molecule has 0 aromatic heterocycles. The van der Waals surface area contributed by atoms with Gasteiger partial charge < -0.3 is 15.5 Å². The molecule has 126 valence electrons. The molecule has 0 radical (unpaired) electrons. The van der Waals surface area contributed by atoms with E-state index in [0.29, 0.717) is 0 Å². The van der Waals surface area contributed by atoms with Crippen molar-refractivity contribution in [3.05, 3.63) is 0 Å². The SMILES string of the molecule is CN=C(NCCCN1CCC(C)CC1)NCCC(C)C.I. The van der Waals surface area contributed by atoms with Gasteiger partial charge in [0.2, 0.25) is 0 Å². The van der Waals surface area contributed by atoms with Crippen LogP contribution in [-0.2, 0) is 0 Å². The molecule has 1 saturated heterocycles. The highest BCUT2D eigenvalue weighted by Gasteiger charge is 2.14. The van der Waals surface area contributed by atoms with Crippen LogP contribution in [0.1, 0.15) is 46.5 Å². The Hall–Kier alpha value is -0.0400. The van der Waals surface area contributed by atoms with E-state index in [1.165, 1.54) is 45.3 Å². The molecule has 4 nitrogen and oxygen atoms in total. The van der Waals surface area contributed by atoms with Crippen LogP contribution in [0.5, 0.6) is 0 Å². The van der Waals surface area contributed by atoms with Crippen molar-refractivity contribution in [1.29, 1.82) is 0 Å². The van der Waals surface area contributed by atoms with E-state index in [1.807, 2.05) is 7.05 Å². The van der Waals surface area contributed by atoms with E-state index < -0.39 is 0 Å². The maximum absolute atomic E-state index is 4.26. The highest BCUT2D eigenvalue weighted by atomic mass is 127. The summed E-state index contributed by atoms with van der Waals surface area (Å²) >= 11 is 0. The molecule has 0 aromatic carbocycles. The van der Waals surface area contributed by atoms with Crippen LogP contribution in [0, 0.1) is 11.8 Å². The topological polar surface area (TPSA) is 39.7 Å². The van der Waals surface area contributed by atoms with Gasteiger partial charge in [-0.15, -0.1) is 24.0 Å². The average Bonchev–Trinajstić information content (AvgIpc) is 2.43. The predicted octanol–water partition coefficient (Wildman–Crippen LogP) is 2.94. The Labute approximate surface area is 148 Å². The highest BCUT2D eigenvalue weighted by molar-refractivity contribution is 14.0. The van der Waals surface area contributed by atoms with E-state index in [9.17, 15) is 0 Å². The lowest BCUT2D eigenvalue weighted by Crippen LogP contribution is -2.40. The standard InChI is InChI=1S/C16H34N4.HI/c1-14(2)6-10-19-16(17-4)18-9-5-11-20-12-7-15(3)8-13-20;/h14-15H,5-13H2,1-4H3,(H2,17,18,19);1H. The summed E-state index contributed by atoms with van der Waals surface area (Å²) in [6.45, 7) is 12.6. The molecule has 0 saturated carbocycles. The first-order chi connectivity index (χ1) is 9.61. The molecular formula is C16H35IN4. The second kappa shape index (κ2) is 12.5. The first kappa shape index (κ1) is 21.0. The molecule has 5 heteroatoms. The summed E-state index contributed by atoms with van der Waals surface area (Å²) in [5.74, 6) is 2.60. The predicted molar refractivity (Wildman–Crippen MR) is 104 cm³/mol. The Bertz CT molecular complexity index is 273. The van der Waals surface area contributed by atoms with Crippen molar-refractivity contribution in [3.8, 4) is 0 Å². The largest absolute Gasteiger partial charge is 0.356 e. The Balaban J connectivity index is 0.00000400. The smallest absolute Gasteiger partial charge is 0.190 e. The number of halogens is 1. The minimum absolute atomic E-state index is 0. The molecule has 1 rings (SSSR count). The fourth-order valence-corrected chi connectivity index (χ4v) is 2.49. The molecule has 1 aliphatic heterocycles. The number of hydrogen-bond donors (Lipinski definition) is 2. The number of nitrogens with zero attached hydrogens (tertiary/aromatic N) is 2. The zero-order valence-corrected chi connectivity index (χ0v) is 16.7. The molecule has 1 aliphatic rings. The van der Waals surface area contributed by atoms with Gasteiger partial charge in [0.25, 0.3) is 0 Å². The number of nitrogens with one attached hydrogen (secondary N) is 2. The van der Waals surface area contributed by atoms with E-state index in [0.717, 1.165) is 30.9 Å². The fourth-order valence-electron chi connectivity index (χ4n) is 2.49. The summed E-state index contributed by atoms with van der Waals surface area (Å²) < 4.78 is 0. The van der Waals surface area contributed by atoms with Crippen LogP contribution in [0.3, 0.4) is 0 Å². The third-order valence-corrected chi connectivity index (χ3v) is 4.06. The van der Waals surface area contributed by atoms with Crippen molar-refractivity contribution in [3.63, 3.8) is 0 Å². The third kappa shape index (κ3) is 10.3. The molecule has 0 aliphatic carbocycles. The maximum atomic E-state index is 4.26. The molecule has 1 heterocycles. The highest BCUT2D eigenvalue weighted by Crippen LogP contribution is 2.15. The molecule has 0 amide bonds. The summed E-state index contributed by atoms with van der Waals surface area (Å²) in [4.78, 5) is 6.85. The first-order valence-electron chi connectivity index (χ1n) is 8.28. The Morgan fingerprint density at radius 2 is 1.81 bits per heavy atom. The van der Waals surface area contributed by atoms with Crippen LogP contribution in [0.2, 0.25) is 0 Å². The molecule has 0 bridgehead atoms. The second-order valence-corrected chi connectivity index (χ2v) is 6.49. The van der Waals surface area contributed by atoms with Gasteiger partial charge in [-0.3, -0.25) is 4.99 Å². The minimum atomic E-state index is 0. The molecule has 2 N–H and O–H groups in total. The van der Waals surface area contributed by atoms with Gasteiger partial charge in [-0.05, 0) is 57.2 Å². The molecule has 0 unspecified atom stereocenters. The molecule has 0 atom stereocenters. The Morgan fingerprint density at radius 3 is 2.38 bits per heavy atom. The summed E-state index contributed by atoms with van der Waals surface area (Å²) in [5, 5.41) is 6.77. The zero-order chi connectivity index (χ0) is 14.8. The van der Waals surface area contributed by atoms with Gasteiger partial charge in [0.05, 0.1) is 0 Å². The van der Waals surface area contributed by atoms with Crippen molar-refractivity contribution in [2.24, 2.45) is 16.8 Å². The number of hydrogen-bond acceptors (Lipinski definition) is 2. The summed E-state index contributed by atoms with van der Waals surface area (Å²) in [7, 11) is 1.84. The molecule has 1 fully saturated rings. The zero-order valence-electron chi connectivity index (χ0n) is 14.3. The van der Waals surface area contributed by atoms with Crippen LogP contribution in [-0.4, -0.2) is 50.6 Å². The van der Waals surface area contributed by atoms with Crippen molar-refractivity contribution in [2.45, 2.75) is 46.5 Å². The Morgan fingerprint density at radius 1 is 1.19 bits per heavy atom.